The summed E-state index contributed by atoms with van der Waals surface area (Å²) in [5.74, 6) is 0. The first-order valence-corrected chi connectivity index (χ1v) is 24.6. The maximum Gasteiger partial charge on any atom is 0.0547 e. The fourth-order valence-corrected chi connectivity index (χ4v) is 12.5. The van der Waals surface area contributed by atoms with Crippen molar-refractivity contribution in [3.63, 3.8) is 0 Å². The molecule has 2 aromatic heterocycles. The zero-order valence-corrected chi connectivity index (χ0v) is 39.4. The minimum absolute atomic E-state index is 0.0707. The molecule has 1 atom stereocenters. The van der Waals surface area contributed by atoms with Crippen molar-refractivity contribution in [3.8, 4) is 67.0 Å². The molecule has 2 aliphatic rings. The molecule has 2 heteroatoms. The first-order valence-electron chi connectivity index (χ1n) is 24.6. The molecule has 0 aliphatic heterocycles. The Morgan fingerprint density at radius 2 is 0.696 bits per heavy atom. The lowest BCUT2D eigenvalue weighted by atomic mass is 9.78. The van der Waals surface area contributed by atoms with E-state index < -0.39 is 0 Å². The van der Waals surface area contributed by atoms with Crippen LogP contribution in [0.25, 0.3) is 111 Å². The van der Waals surface area contributed by atoms with E-state index in [0.29, 0.717) is 0 Å². The molecule has 0 fully saturated rings. The van der Waals surface area contributed by atoms with Crippen LogP contribution >= 0.6 is 0 Å². The van der Waals surface area contributed by atoms with Crippen molar-refractivity contribution in [2.75, 3.05) is 0 Å². The summed E-state index contributed by atoms with van der Waals surface area (Å²) < 4.78 is 5.03. The fourth-order valence-electron chi connectivity index (χ4n) is 12.5. The van der Waals surface area contributed by atoms with Gasteiger partial charge in [-0.05, 0) is 145 Å². The Hall–Kier alpha value is -8.20. The number of hydrogen-bond donors (Lipinski definition) is 0. The van der Waals surface area contributed by atoms with Gasteiger partial charge >= 0.3 is 0 Å². The SMILES string of the molecule is CCC1(C)c2ccccc2-c2cc3c4ccc(-c5ccc6c7cc8c(cc7n(-c7ccc(-c9ccccc9)cc7)c6c5)C(C)(C)c5ccccc5-8)cc4n(-c4ccc(-c5ccccc5)cc4)c3cc21. The quantitative estimate of drug-likeness (QED) is 0.157. The average molecular weight is 883 g/mol. The third kappa shape index (κ3) is 5.73. The fraction of sp³-hybridized carbons (Fsp3) is 0.104. The van der Waals surface area contributed by atoms with Crippen LogP contribution in [-0.4, -0.2) is 9.13 Å². The molecular weight excluding hydrogens is 833 g/mol. The van der Waals surface area contributed by atoms with Crippen molar-refractivity contribution in [1.29, 1.82) is 0 Å². The monoisotopic (exact) mass is 882 g/mol. The van der Waals surface area contributed by atoms with Crippen LogP contribution < -0.4 is 0 Å². The molecular formula is C67H50N2. The number of benzene rings is 10. The van der Waals surface area contributed by atoms with Gasteiger partial charge in [-0.3, -0.25) is 0 Å². The number of aromatic nitrogens is 2. The number of fused-ring (bicyclic) bond motifs is 12. The highest BCUT2D eigenvalue weighted by molar-refractivity contribution is 6.14. The van der Waals surface area contributed by atoms with Gasteiger partial charge in [0.2, 0.25) is 0 Å². The van der Waals surface area contributed by atoms with Gasteiger partial charge in [0.25, 0.3) is 0 Å². The summed E-state index contributed by atoms with van der Waals surface area (Å²) in [4.78, 5) is 0. The smallest absolute Gasteiger partial charge is 0.0547 e. The molecule has 0 amide bonds. The number of hydrogen-bond acceptors (Lipinski definition) is 0. The lowest BCUT2D eigenvalue weighted by Crippen LogP contribution is -2.19. The van der Waals surface area contributed by atoms with E-state index in [0.717, 1.165) is 17.8 Å². The van der Waals surface area contributed by atoms with Crippen LogP contribution in [0, 0.1) is 0 Å². The summed E-state index contributed by atoms with van der Waals surface area (Å²) in [5, 5.41) is 5.08. The maximum absolute atomic E-state index is 2.52. The van der Waals surface area contributed by atoms with Crippen molar-refractivity contribution in [3.05, 3.63) is 241 Å². The number of nitrogens with zero attached hydrogens (tertiary/aromatic N) is 2. The van der Waals surface area contributed by atoms with Gasteiger partial charge in [-0.15, -0.1) is 0 Å². The third-order valence-corrected chi connectivity index (χ3v) is 16.3. The Balaban J connectivity index is 0.991. The van der Waals surface area contributed by atoms with Crippen LogP contribution in [0.2, 0.25) is 0 Å². The predicted molar refractivity (Wildman–Crippen MR) is 291 cm³/mol. The first kappa shape index (κ1) is 39.9. The molecule has 2 aliphatic carbocycles. The minimum Gasteiger partial charge on any atom is -0.309 e. The topological polar surface area (TPSA) is 9.86 Å². The van der Waals surface area contributed by atoms with E-state index in [9.17, 15) is 0 Å². The molecule has 2 heterocycles. The summed E-state index contributed by atoms with van der Waals surface area (Å²) in [6.45, 7) is 9.53. The van der Waals surface area contributed by atoms with Crippen molar-refractivity contribution in [2.45, 2.75) is 44.9 Å². The largest absolute Gasteiger partial charge is 0.309 e. The molecule has 14 rings (SSSR count). The van der Waals surface area contributed by atoms with Crippen LogP contribution in [0.15, 0.2) is 218 Å². The van der Waals surface area contributed by atoms with Crippen LogP contribution in [0.3, 0.4) is 0 Å². The average Bonchev–Trinajstić information content (AvgIpc) is 4.06. The van der Waals surface area contributed by atoms with Gasteiger partial charge in [-0.25, -0.2) is 0 Å². The van der Waals surface area contributed by atoms with Crippen molar-refractivity contribution < 1.29 is 0 Å². The van der Waals surface area contributed by atoms with E-state index in [-0.39, 0.29) is 10.8 Å². The summed E-state index contributed by atoms with van der Waals surface area (Å²) in [6.07, 6.45) is 1.03. The van der Waals surface area contributed by atoms with Gasteiger partial charge in [0.15, 0.2) is 0 Å². The summed E-state index contributed by atoms with van der Waals surface area (Å²) in [7, 11) is 0. The van der Waals surface area contributed by atoms with Crippen molar-refractivity contribution in [2.24, 2.45) is 0 Å². The van der Waals surface area contributed by atoms with Crippen LogP contribution in [0.5, 0.6) is 0 Å². The van der Waals surface area contributed by atoms with Crippen molar-refractivity contribution >= 4 is 43.6 Å². The molecule has 0 bridgehead atoms. The lowest BCUT2D eigenvalue weighted by Gasteiger charge is -2.25. The van der Waals surface area contributed by atoms with Gasteiger partial charge in [-0.2, -0.15) is 0 Å². The molecule has 12 aromatic rings. The second-order valence-corrected chi connectivity index (χ2v) is 20.2. The van der Waals surface area contributed by atoms with Crippen LogP contribution in [0.1, 0.15) is 56.4 Å². The highest BCUT2D eigenvalue weighted by atomic mass is 15.0. The standard InChI is InChI=1S/C67H50N2/c1-5-67(4)59-23-15-13-21-51(59)55-39-57-53-35-29-47(37-63(53)69(65(57)41-61(55)67)49-32-26-45(27-33-49)43-18-10-7-11-19-43)46-28-34-52-56-38-54-50-20-12-14-22-58(50)66(2,3)60(54)40-64(56)68(62(52)36-46)48-30-24-44(25-31-48)42-16-8-6-9-17-42/h6-41H,5H2,1-4H3. The van der Waals surface area contributed by atoms with Gasteiger partial charge in [0.1, 0.15) is 0 Å². The Labute approximate surface area is 403 Å². The summed E-state index contributed by atoms with van der Waals surface area (Å²) >= 11 is 0. The lowest BCUT2D eigenvalue weighted by molar-refractivity contribution is 0.565. The van der Waals surface area contributed by atoms with Crippen LogP contribution in [0.4, 0.5) is 0 Å². The Morgan fingerprint density at radius 3 is 1.20 bits per heavy atom. The second kappa shape index (κ2) is 14.6. The molecule has 2 nitrogen and oxygen atoms in total. The normalized spacial score (nSPS) is 15.5. The molecule has 1 unspecified atom stereocenters. The first-order chi connectivity index (χ1) is 33.8. The Bertz CT molecular complexity index is 4050. The van der Waals surface area contributed by atoms with Gasteiger partial charge in [0.05, 0.1) is 22.1 Å². The minimum atomic E-state index is -0.113. The van der Waals surface area contributed by atoms with Gasteiger partial charge in [0, 0.05) is 43.7 Å². The highest BCUT2D eigenvalue weighted by Crippen LogP contribution is 2.54. The summed E-state index contributed by atoms with van der Waals surface area (Å²) in [6, 6.07) is 82.0. The Kier molecular flexibility index (Phi) is 8.48. The van der Waals surface area contributed by atoms with E-state index in [1.54, 1.807) is 0 Å². The molecule has 0 N–H and O–H groups in total. The molecule has 0 radical (unpaired) electrons. The Morgan fingerprint density at radius 1 is 0.304 bits per heavy atom. The van der Waals surface area contributed by atoms with Crippen molar-refractivity contribution in [1.82, 2.24) is 9.13 Å². The van der Waals surface area contributed by atoms with E-state index in [1.807, 2.05) is 0 Å². The highest BCUT2D eigenvalue weighted by Gasteiger charge is 2.39. The van der Waals surface area contributed by atoms with Gasteiger partial charge in [-0.1, -0.05) is 185 Å². The van der Waals surface area contributed by atoms with E-state index in [1.165, 1.54) is 122 Å². The molecule has 0 saturated heterocycles. The second-order valence-electron chi connectivity index (χ2n) is 20.2. The zero-order valence-electron chi connectivity index (χ0n) is 39.4. The molecule has 10 aromatic carbocycles. The molecule has 69 heavy (non-hydrogen) atoms. The van der Waals surface area contributed by atoms with E-state index in [4.69, 9.17) is 0 Å². The van der Waals surface area contributed by atoms with E-state index >= 15 is 0 Å². The van der Waals surface area contributed by atoms with Crippen LogP contribution in [-0.2, 0) is 10.8 Å². The maximum atomic E-state index is 2.52. The molecule has 328 valence electrons. The zero-order chi connectivity index (χ0) is 46.2. The third-order valence-electron chi connectivity index (χ3n) is 16.3. The van der Waals surface area contributed by atoms with E-state index in [2.05, 4.69) is 255 Å². The van der Waals surface area contributed by atoms with Gasteiger partial charge < -0.3 is 9.13 Å². The molecule has 0 saturated carbocycles. The molecule has 0 spiro atoms. The summed E-state index contributed by atoms with van der Waals surface area (Å²) in [5.41, 5.74) is 25.3. The predicted octanol–water partition coefficient (Wildman–Crippen LogP) is 17.9. The number of rotatable bonds is 6.